The number of anilines is 1. The summed E-state index contributed by atoms with van der Waals surface area (Å²) in [7, 11) is 0. The molecule has 4 heteroatoms. The second-order valence-corrected chi connectivity index (χ2v) is 7.44. The summed E-state index contributed by atoms with van der Waals surface area (Å²) >= 11 is 1.97. The van der Waals surface area contributed by atoms with Gasteiger partial charge in [-0.15, -0.1) is 0 Å². The summed E-state index contributed by atoms with van der Waals surface area (Å²) in [5, 5.41) is 0. The minimum atomic E-state index is 0.409. The van der Waals surface area contributed by atoms with Gasteiger partial charge in [0, 0.05) is 18.4 Å². The second kappa shape index (κ2) is 7.39. The fraction of sp³-hybridized carbons (Fsp3) is 0.812. The Morgan fingerprint density at radius 3 is 2.60 bits per heavy atom. The number of nitrogens with zero attached hydrogens (tertiary/aromatic N) is 2. The van der Waals surface area contributed by atoms with Crippen molar-refractivity contribution in [3.63, 3.8) is 0 Å². The first-order valence-electron chi connectivity index (χ1n) is 8.09. The zero-order valence-electron chi connectivity index (χ0n) is 13.2. The van der Waals surface area contributed by atoms with Crippen LogP contribution in [0.15, 0.2) is 0 Å². The molecule has 0 bridgehead atoms. The van der Waals surface area contributed by atoms with E-state index in [9.17, 15) is 0 Å². The first-order valence-corrected chi connectivity index (χ1v) is 9.24. The molecule has 0 radical (unpaired) electrons. The van der Waals surface area contributed by atoms with Crippen LogP contribution in [0.25, 0.3) is 0 Å². The standard InChI is InChI=1S/C16H29N3S/c1-4-20-11-10-14-15(17)19(12(2)3)16(18-14)13-8-6-5-7-9-13/h12-13H,4-11,17H2,1-3H3. The van der Waals surface area contributed by atoms with Gasteiger partial charge in [-0.25, -0.2) is 4.98 Å². The molecule has 0 unspecified atom stereocenters. The molecule has 2 rings (SSSR count). The van der Waals surface area contributed by atoms with E-state index in [1.165, 1.54) is 43.7 Å². The predicted molar refractivity (Wildman–Crippen MR) is 89.6 cm³/mol. The first-order chi connectivity index (χ1) is 9.65. The molecule has 0 spiro atoms. The van der Waals surface area contributed by atoms with Gasteiger partial charge in [0.25, 0.3) is 0 Å². The highest BCUT2D eigenvalue weighted by atomic mass is 32.2. The molecule has 0 atom stereocenters. The summed E-state index contributed by atoms with van der Waals surface area (Å²) in [6.45, 7) is 6.64. The van der Waals surface area contributed by atoms with E-state index in [1.807, 2.05) is 11.8 Å². The zero-order chi connectivity index (χ0) is 14.5. The van der Waals surface area contributed by atoms with Gasteiger partial charge in [0.05, 0.1) is 5.69 Å². The fourth-order valence-corrected chi connectivity index (χ4v) is 3.83. The maximum atomic E-state index is 6.39. The summed E-state index contributed by atoms with van der Waals surface area (Å²) in [5.41, 5.74) is 7.51. The molecular formula is C16H29N3S. The summed E-state index contributed by atoms with van der Waals surface area (Å²) in [4.78, 5) is 4.95. The third kappa shape index (κ3) is 3.51. The van der Waals surface area contributed by atoms with Gasteiger partial charge in [0.2, 0.25) is 0 Å². The molecule has 1 aromatic rings. The number of aryl methyl sites for hydroxylation is 1. The Labute approximate surface area is 127 Å². The third-order valence-electron chi connectivity index (χ3n) is 4.23. The molecule has 1 fully saturated rings. The normalized spacial score (nSPS) is 17.0. The van der Waals surface area contributed by atoms with Gasteiger partial charge in [-0.3, -0.25) is 0 Å². The molecule has 1 aliphatic rings. The lowest BCUT2D eigenvalue weighted by Crippen LogP contribution is -2.15. The van der Waals surface area contributed by atoms with Crippen LogP contribution in [0.2, 0.25) is 0 Å². The van der Waals surface area contributed by atoms with Crippen molar-refractivity contribution in [1.29, 1.82) is 0 Å². The predicted octanol–water partition coefficient (Wildman–Crippen LogP) is 4.39. The summed E-state index contributed by atoms with van der Waals surface area (Å²) in [5.74, 6) is 5.09. The largest absolute Gasteiger partial charge is 0.384 e. The number of aromatic nitrogens is 2. The quantitative estimate of drug-likeness (QED) is 0.792. The Morgan fingerprint density at radius 1 is 1.30 bits per heavy atom. The Morgan fingerprint density at radius 2 is 2.00 bits per heavy atom. The maximum absolute atomic E-state index is 6.39. The van der Waals surface area contributed by atoms with Crippen molar-refractivity contribution >= 4 is 17.6 Å². The first kappa shape index (κ1) is 15.7. The molecule has 0 amide bonds. The molecule has 0 aromatic carbocycles. The molecule has 0 saturated heterocycles. The molecule has 1 aromatic heterocycles. The molecule has 3 nitrogen and oxygen atoms in total. The van der Waals surface area contributed by atoms with E-state index in [4.69, 9.17) is 10.7 Å². The van der Waals surface area contributed by atoms with E-state index in [0.717, 1.165) is 23.7 Å². The Balaban J connectivity index is 2.22. The maximum Gasteiger partial charge on any atom is 0.127 e. The summed E-state index contributed by atoms with van der Waals surface area (Å²) < 4.78 is 2.29. The molecule has 1 heterocycles. The van der Waals surface area contributed by atoms with Gasteiger partial charge >= 0.3 is 0 Å². The Kier molecular flexibility index (Phi) is 5.82. The monoisotopic (exact) mass is 295 g/mol. The lowest BCUT2D eigenvalue weighted by molar-refractivity contribution is 0.407. The van der Waals surface area contributed by atoms with E-state index in [2.05, 4.69) is 25.3 Å². The highest BCUT2D eigenvalue weighted by Gasteiger charge is 2.25. The number of imidazole rings is 1. The summed E-state index contributed by atoms with van der Waals surface area (Å²) in [6, 6.07) is 0.409. The average molecular weight is 295 g/mol. The van der Waals surface area contributed by atoms with E-state index >= 15 is 0 Å². The van der Waals surface area contributed by atoms with Crippen molar-refractivity contribution in [2.24, 2.45) is 0 Å². The van der Waals surface area contributed by atoms with E-state index in [-0.39, 0.29) is 0 Å². The van der Waals surface area contributed by atoms with E-state index < -0.39 is 0 Å². The lowest BCUT2D eigenvalue weighted by Gasteiger charge is -2.24. The number of hydrogen-bond acceptors (Lipinski definition) is 3. The topological polar surface area (TPSA) is 43.8 Å². The van der Waals surface area contributed by atoms with Gasteiger partial charge < -0.3 is 10.3 Å². The van der Waals surface area contributed by atoms with Crippen molar-refractivity contribution in [3.05, 3.63) is 11.5 Å². The van der Waals surface area contributed by atoms with Crippen molar-refractivity contribution in [3.8, 4) is 0 Å². The third-order valence-corrected chi connectivity index (χ3v) is 5.13. The number of nitrogens with two attached hydrogens (primary N) is 1. The fourth-order valence-electron chi connectivity index (χ4n) is 3.20. The number of hydrogen-bond donors (Lipinski definition) is 1. The van der Waals surface area contributed by atoms with Gasteiger partial charge in [0.15, 0.2) is 0 Å². The van der Waals surface area contributed by atoms with Crippen LogP contribution >= 0.6 is 11.8 Å². The van der Waals surface area contributed by atoms with Crippen LogP contribution < -0.4 is 5.73 Å². The Bertz CT molecular complexity index is 420. The van der Waals surface area contributed by atoms with Gasteiger partial charge in [-0.2, -0.15) is 11.8 Å². The van der Waals surface area contributed by atoms with Crippen LogP contribution in [0.4, 0.5) is 5.82 Å². The van der Waals surface area contributed by atoms with E-state index in [0.29, 0.717) is 12.0 Å². The molecule has 1 aliphatic carbocycles. The highest BCUT2D eigenvalue weighted by molar-refractivity contribution is 7.99. The minimum Gasteiger partial charge on any atom is -0.384 e. The highest BCUT2D eigenvalue weighted by Crippen LogP contribution is 2.35. The Hall–Kier alpha value is -0.640. The van der Waals surface area contributed by atoms with Crippen molar-refractivity contribution in [2.75, 3.05) is 17.2 Å². The number of thioether (sulfide) groups is 1. The van der Waals surface area contributed by atoms with Crippen LogP contribution in [-0.4, -0.2) is 21.1 Å². The van der Waals surface area contributed by atoms with E-state index in [1.54, 1.807) is 0 Å². The summed E-state index contributed by atoms with van der Waals surface area (Å²) in [6.07, 6.45) is 7.64. The molecular weight excluding hydrogens is 266 g/mol. The molecule has 0 aliphatic heterocycles. The molecule has 1 saturated carbocycles. The lowest BCUT2D eigenvalue weighted by atomic mass is 9.88. The van der Waals surface area contributed by atoms with Crippen LogP contribution in [-0.2, 0) is 6.42 Å². The van der Waals surface area contributed by atoms with Crippen molar-refractivity contribution < 1.29 is 0 Å². The van der Waals surface area contributed by atoms with Gasteiger partial charge in [0.1, 0.15) is 11.6 Å². The minimum absolute atomic E-state index is 0.409. The van der Waals surface area contributed by atoms with Gasteiger partial charge in [-0.1, -0.05) is 26.2 Å². The zero-order valence-corrected chi connectivity index (χ0v) is 14.0. The second-order valence-electron chi connectivity index (χ2n) is 6.05. The molecule has 114 valence electrons. The average Bonchev–Trinajstić information content (AvgIpc) is 2.77. The SMILES string of the molecule is CCSCCc1nc(C2CCCCC2)n(C(C)C)c1N. The van der Waals surface area contributed by atoms with Crippen LogP contribution in [0, 0.1) is 0 Å². The van der Waals surface area contributed by atoms with Crippen LogP contribution in [0.1, 0.15) is 76.4 Å². The molecule has 20 heavy (non-hydrogen) atoms. The smallest absolute Gasteiger partial charge is 0.127 e. The number of rotatable bonds is 6. The number of nitrogen functional groups attached to an aromatic ring is 1. The van der Waals surface area contributed by atoms with Crippen molar-refractivity contribution in [1.82, 2.24) is 9.55 Å². The molecule has 2 N–H and O–H groups in total. The van der Waals surface area contributed by atoms with Crippen LogP contribution in [0.3, 0.4) is 0 Å². The van der Waals surface area contributed by atoms with Gasteiger partial charge in [-0.05, 0) is 38.2 Å². The van der Waals surface area contributed by atoms with Crippen LogP contribution in [0.5, 0.6) is 0 Å². The van der Waals surface area contributed by atoms with Crippen molar-refractivity contribution in [2.45, 2.75) is 71.3 Å².